The monoisotopic (exact) mass is 349 g/mol. The van der Waals surface area contributed by atoms with Crippen molar-refractivity contribution in [3.05, 3.63) is 34.5 Å². The Balaban J connectivity index is 1.78. The summed E-state index contributed by atoms with van der Waals surface area (Å²) in [5.41, 5.74) is 2.41. The van der Waals surface area contributed by atoms with Gasteiger partial charge in [0.05, 0.1) is 0 Å². The molecule has 0 unspecified atom stereocenters. The molecule has 0 spiro atoms. The number of ether oxygens (including phenoxy) is 1. The van der Waals surface area contributed by atoms with Crippen LogP contribution in [-0.4, -0.2) is 55.2 Å². The molecule has 1 aliphatic heterocycles. The van der Waals surface area contributed by atoms with E-state index in [0.717, 1.165) is 42.5 Å². The predicted molar refractivity (Wildman–Crippen MR) is 96.8 cm³/mol. The third-order valence-electron chi connectivity index (χ3n) is 5.20. The summed E-state index contributed by atoms with van der Waals surface area (Å²) in [5, 5.41) is 4.77. The summed E-state index contributed by atoms with van der Waals surface area (Å²) in [6, 6.07) is 5.62. The van der Waals surface area contributed by atoms with Crippen molar-refractivity contribution in [2.75, 3.05) is 33.9 Å². The van der Waals surface area contributed by atoms with E-state index in [0.29, 0.717) is 17.3 Å². The lowest BCUT2D eigenvalue weighted by Gasteiger charge is -2.42. The molecule has 0 radical (unpaired) electrons. The van der Waals surface area contributed by atoms with E-state index >= 15 is 0 Å². The second-order valence-corrected chi connectivity index (χ2v) is 7.17. The number of hydrogen-bond acceptors (Lipinski definition) is 3. The number of carbonyl (C=O) groups is 1. The van der Waals surface area contributed by atoms with Gasteiger partial charge in [-0.15, -0.1) is 0 Å². The maximum atomic E-state index is 12.7. The Hall–Kier alpha value is -1.56. The zero-order valence-corrected chi connectivity index (χ0v) is 15.2. The Morgan fingerprint density at radius 3 is 2.75 bits per heavy atom. The zero-order valence-electron chi connectivity index (χ0n) is 14.4. The van der Waals surface area contributed by atoms with Crippen LogP contribution in [-0.2, 0) is 4.74 Å². The van der Waals surface area contributed by atoms with Gasteiger partial charge < -0.3 is 19.9 Å². The molecule has 130 valence electrons. The summed E-state index contributed by atoms with van der Waals surface area (Å²) in [6.07, 6.45) is 1.84. The topological polar surface area (TPSA) is 57.4 Å². The summed E-state index contributed by atoms with van der Waals surface area (Å²) in [7, 11) is 4.13. The van der Waals surface area contributed by atoms with Crippen LogP contribution < -0.4 is 5.32 Å². The standard InChI is InChI=1S/C18H24ClN3O2/c1-12-14-10-13(19)4-5-15(14)21-16(12)17(23)20-11-18(22(2)3)6-8-24-9-7-18/h4-5,10,21H,6-9,11H2,1-3H3,(H,20,23). The third-order valence-corrected chi connectivity index (χ3v) is 5.43. The van der Waals surface area contributed by atoms with Gasteiger partial charge in [0.1, 0.15) is 5.69 Å². The number of nitrogens with one attached hydrogen (secondary N) is 2. The first-order valence-electron chi connectivity index (χ1n) is 8.24. The second kappa shape index (κ2) is 6.75. The van der Waals surface area contributed by atoms with Crippen LogP contribution in [0.4, 0.5) is 0 Å². The Kier molecular flexibility index (Phi) is 4.85. The van der Waals surface area contributed by atoms with Crippen molar-refractivity contribution in [3.8, 4) is 0 Å². The van der Waals surface area contributed by atoms with Crippen LogP contribution in [0.1, 0.15) is 28.9 Å². The van der Waals surface area contributed by atoms with E-state index in [9.17, 15) is 4.79 Å². The van der Waals surface area contributed by atoms with E-state index in [1.807, 2.05) is 25.1 Å². The van der Waals surface area contributed by atoms with E-state index in [1.54, 1.807) is 0 Å². The summed E-state index contributed by atoms with van der Waals surface area (Å²) in [6.45, 7) is 4.02. The summed E-state index contributed by atoms with van der Waals surface area (Å²) in [4.78, 5) is 18.1. The fourth-order valence-electron chi connectivity index (χ4n) is 3.39. The highest BCUT2D eigenvalue weighted by atomic mass is 35.5. The molecule has 1 aromatic heterocycles. The van der Waals surface area contributed by atoms with Crippen molar-refractivity contribution in [1.29, 1.82) is 0 Å². The predicted octanol–water partition coefficient (Wildman–Crippen LogP) is 2.97. The lowest BCUT2D eigenvalue weighted by molar-refractivity contribution is -0.00660. The third kappa shape index (κ3) is 3.16. The minimum Gasteiger partial charge on any atom is -0.381 e. The van der Waals surface area contributed by atoms with Crippen LogP contribution >= 0.6 is 11.6 Å². The van der Waals surface area contributed by atoms with Gasteiger partial charge in [-0.1, -0.05) is 11.6 Å². The largest absolute Gasteiger partial charge is 0.381 e. The van der Waals surface area contributed by atoms with Gasteiger partial charge in [0.15, 0.2) is 0 Å². The van der Waals surface area contributed by atoms with Crippen molar-refractivity contribution in [2.24, 2.45) is 0 Å². The number of aryl methyl sites for hydroxylation is 1. The molecule has 1 saturated heterocycles. The number of likely N-dealkylation sites (N-methyl/N-ethyl adjacent to an activating group) is 1. The molecule has 0 saturated carbocycles. The van der Waals surface area contributed by atoms with Crippen LogP contribution in [0.3, 0.4) is 0 Å². The van der Waals surface area contributed by atoms with E-state index in [1.165, 1.54) is 0 Å². The summed E-state index contributed by atoms with van der Waals surface area (Å²) in [5.74, 6) is -0.0764. The fourth-order valence-corrected chi connectivity index (χ4v) is 3.56. The Labute approximate surface area is 147 Å². The molecule has 0 atom stereocenters. The molecule has 1 aliphatic rings. The van der Waals surface area contributed by atoms with Crippen LogP contribution in [0.15, 0.2) is 18.2 Å². The molecule has 1 fully saturated rings. The molecule has 2 heterocycles. The Morgan fingerprint density at radius 2 is 2.08 bits per heavy atom. The van der Waals surface area contributed by atoms with Crippen molar-refractivity contribution >= 4 is 28.4 Å². The highest BCUT2D eigenvalue weighted by Gasteiger charge is 2.35. The van der Waals surface area contributed by atoms with Crippen LogP contribution in [0.25, 0.3) is 10.9 Å². The number of fused-ring (bicyclic) bond motifs is 1. The van der Waals surface area contributed by atoms with Crippen LogP contribution in [0, 0.1) is 6.92 Å². The van der Waals surface area contributed by atoms with Gasteiger partial charge in [-0.2, -0.15) is 0 Å². The first-order valence-corrected chi connectivity index (χ1v) is 8.62. The van der Waals surface area contributed by atoms with Crippen molar-refractivity contribution in [3.63, 3.8) is 0 Å². The van der Waals surface area contributed by atoms with Gasteiger partial charge >= 0.3 is 0 Å². The number of benzene rings is 1. The normalized spacial score (nSPS) is 17.4. The SMILES string of the molecule is Cc1c(C(=O)NCC2(N(C)C)CCOCC2)[nH]c2ccc(Cl)cc12. The molecule has 24 heavy (non-hydrogen) atoms. The molecular formula is C18H24ClN3O2. The molecule has 2 N–H and O–H groups in total. The fraction of sp³-hybridized carbons (Fsp3) is 0.500. The Bertz CT molecular complexity index is 748. The quantitative estimate of drug-likeness (QED) is 0.892. The van der Waals surface area contributed by atoms with E-state index < -0.39 is 0 Å². The highest BCUT2D eigenvalue weighted by Crippen LogP contribution is 2.27. The molecule has 0 bridgehead atoms. The number of rotatable bonds is 4. The van der Waals surface area contributed by atoms with Crippen LogP contribution in [0.2, 0.25) is 5.02 Å². The number of amides is 1. The van der Waals surface area contributed by atoms with E-state index in [4.69, 9.17) is 16.3 Å². The minimum atomic E-state index is -0.0764. The molecule has 5 nitrogen and oxygen atoms in total. The first kappa shape index (κ1) is 17.3. The van der Waals surface area contributed by atoms with Gasteiger partial charge in [-0.3, -0.25) is 4.79 Å². The van der Waals surface area contributed by atoms with Gasteiger partial charge in [-0.05, 0) is 57.6 Å². The minimum absolute atomic E-state index is 0.0445. The highest BCUT2D eigenvalue weighted by molar-refractivity contribution is 6.31. The second-order valence-electron chi connectivity index (χ2n) is 6.73. The number of H-pyrrole nitrogens is 1. The lowest BCUT2D eigenvalue weighted by Crippen LogP contribution is -2.55. The van der Waals surface area contributed by atoms with Crippen LogP contribution in [0.5, 0.6) is 0 Å². The maximum absolute atomic E-state index is 12.7. The van der Waals surface area contributed by atoms with E-state index in [-0.39, 0.29) is 11.4 Å². The smallest absolute Gasteiger partial charge is 0.268 e. The molecule has 1 aromatic carbocycles. The van der Waals surface area contributed by atoms with Gasteiger partial charge in [0.25, 0.3) is 5.91 Å². The number of hydrogen-bond donors (Lipinski definition) is 2. The van der Waals surface area contributed by atoms with Gasteiger partial charge in [0, 0.05) is 41.2 Å². The zero-order chi connectivity index (χ0) is 17.3. The molecule has 2 aromatic rings. The number of aromatic amines is 1. The number of carbonyl (C=O) groups excluding carboxylic acids is 1. The average molecular weight is 350 g/mol. The summed E-state index contributed by atoms with van der Waals surface area (Å²) < 4.78 is 5.48. The average Bonchev–Trinajstić information content (AvgIpc) is 2.90. The van der Waals surface area contributed by atoms with Crippen molar-refractivity contribution in [1.82, 2.24) is 15.2 Å². The van der Waals surface area contributed by atoms with E-state index in [2.05, 4.69) is 29.3 Å². The molecule has 0 aliphatic carbocycles. The number of aromatic nitrogens is 1. The molecule has 1 amide bonds. The van der Waals surface area contributed by atoms with Crippen molar-refractivity contribution < 1.29 is 9.53 Å². The Morgan fingerprint density at radius 1 is 1.38 bits per heavy atom. The molecular weight excluding hydrogens is 326 g/mol. The summed E-state index contributed by atoms with van der Waals surface area (Å²) >= 11 is 6.06. The molecule has 6 heteroatoms. The number of halogens is 1. The lowest BCUT2D eigenvalue weighted by atomic mass is 9.88. The first-order chi connectivity index (χ1) is 11.4. The van der Waals surface area contributed by atoms with Gasteiger partial charge in [0.2, 0.25) is 0 Å². The van der Waals surface area contributed by atoms with Gasteiger partial charge in [-0.25, -0.2) is 0 Å². The molecule has 3 rings (SSSR count). The van der Waals surface area contributed by atoms with Crippen molar-refractivity contribution in [2.45, 2.75) is 25.3 Å². The number of nitrogens with zero attached hydrogens (tertiary/aromatic N) is 1. The maximum Gasteiger partial charge on any atom is 0.268 e.